The number of carbonyl (C=O) groups is 1. The number of rotatable bonds is 2. The number of benzene rings is 1. The topological polar surface area (TPSA) is 52.6 Å². The molecule has 1 aromatic rings. The smallest absolute Gasteiger partial charge is 0.408 e. The Balaban J connectivity index is 2.55. The zero-order chi connectivity index (χ0) is 13.2. The van der Waals surface area contributed by atoms with Crippen LogP contribution >= 0.6 is 0 Å². The van der Waals surface area contributed by atoms with Gasteiger partial charge in [-0.15, -0.1) is 6.58 Å². The first kappa shape index (κ1) is 12.6. The first-order chi connectivity index (χ1) is 8.63. The molecule has 4 nitrogen and oxygen atoms in total. The van der Waals surface area contributed by atoms with Gasteiger partial charge in [-0.05, 0) is 5.56 Å². The molecule has 0 radical (unpaired) electrons. The van der Waals surface area contributed by atoms with E-state index in [-0.39, 0.29) is 13.1 Å². The molecule has 1 aliphatic heterocycles. The Morgan fingerprint density at radius 3 is 2.78 bits per heavy atom. The van der Waals surface area contributed by atoms with E-state index in [2.05, 4.69) is 11.9 Å². The van der Waals surface area contributed by atoms with Gasteiger partial charge in [0.2, 0.25) is 0 Å². The van der Waals surface area contributed by atoms with E-state index in [9.17, 15) is 14.3 Å². The minimum absolute atomic E-state index is 0.219. The van der Waals surface area contributed by atoms with Crippen LogP contribution in [-0.4, -0.2) is 35.5 Å². The third-order valence-electron chi connectivity index (χ3n) is 3.27. The van der Waals surface area contributed by atoms with Crippen molar-refractivity contribution in [3.8, 4) is 0 Å². The molecule has 96 valence electrons. The number of alkyl halides is 1. The molecule has 1 heterocycles. The van der Waals surface area contributed by atoms with E-state index in [0.717, 1.165) is 4.90 Å². The fourth-order valence-electron chi connectivity index (χ4n) is 2.37. The van der Waals surface area contributed by atoms with Crippen molar-refractivity contribution in [1.29, 1.82) is 0 Å². The van der Waals surface area contributed by atoms with Crippen LogP contribution in [0.4, 0.5) is 9.18 Å². The summed E-state index contributed by atoms with van der Waals surface area (Å²) in [4.78, 5) is 12.4. The summed E-state index contributed by atoms with van der Waals surface area (Å²) in [6.07, 6.45) is -1.31. The van der Waals surface area contributed by atoms with Crippen molar-refractivity contribution in [1.82, 2.24) is 10.2 Å². The number of hydrogen-bond donors (Lipinski definition) is 2. The molecule has 1 amide bonds. The summed E-state index contributed by atoms with van der Waals surface area (Å²) in [5.74, 6) is 0. The van der Waals surface area contributed by atoms with Crippen LogP contribution in [0.25, 0.3) is 0 Å². The molecule has 0 aliphatic carbocycles. The lowest BCUT2D eigenvalue weighted by molar-refractivity contribution is 0.00492. The lowest BCUT2D eigenvalue weighted by Gasteiger charge is -2.46. The van der Waals surface area contributed by atoms with Crippen LogP contribution < -0.4 is 5.32 Å². The molecule has 0 aromatic heterocycles. The summed E-state index contributed by atoms with van der Waals surface area (Å²) in [5, 5.41) is 11.9. The van der Waals surface area contributed by atoms with Crippen LogP contribution in [0.3, 0.4) is 0 Å². The number of amides is 1. The van der Waals surface area contributed by atoms with Crippen LogP contribution in [0.5, 0.6) is 0 Å². The quantitative estimate of drug-likeness (QED) is 0.623. The lowest BCUT2D eigenvalue weighted by atomic mass is 9.85. The van der Waals surface area contributed by atoms with E-state index in [4.69, 9.17) is 0 Å². The maximum atomic E-state index is 14.3. The van der Waals surface area contributed by atoms with Crippen molar-refractivity contribution in [2.24, 2.45) is 0 Å². The molecule has 2 rings (SSSR count). The highest BCUT2D eigenvalue weighted by atomic mass is 19.1. The number of carboxylic acid groups (broad SMARTS) is 1. The van der Waals surface area contributed by atoms with E-state index in [1.165, 1.54) is 6.08 Å². The maximum absolute atomic E-state index is 14.3. The molecule has 0 bridgehead atoms. The summed E-state index contributed by atoms with van der Waals surface area (Å²) < 4.78 is 14.3. The van der Waals surface area contributed by atoms with Gasteiger partial charge in [-0.25, -0.2) is 9.18 Å². The van der Waals surface area contributed by atoms with Crippen molar-refractivity contribution in [3.05, 3.63) is 48.6 Å². The van der Waals surface area contributed by atoms with E-state index in [1.54, 1.807) is 30.3 Å². The average molecular weight is 250 g/mol. The summed E-state index contributed by atoms with van der Waals surface area (Å²) in [6, 6.07) is 8.72. The standard InChI is InChI=1S/C13H15FN2O2/c1-2-13(10-6-4-3-5-7-10)11(14)15-8-9-16(13)12(17)18/h2-7,11,15H,1,8-9H2,(H,17,18). The summed E-state index contributed by atoms with van der Waals surface area (Å²) in [5.41, 5.74) is -0.798. The molecular weight excluding hydrogens is 235 g/mol. The van der Waals surface area contributed by atoms with Crippen LogP contribution in [-0.2, 0) is 5.54 Å². The molecule has 0 spiro atoms. The minimum atomic E-state index is -1.51. The van der Waals surface area contributed by atoms with Crippen LogP contribution in [0.15, 0.2) is 43.0 Å². The highest BCUT2D eigenvalue weighted by Crippen LogP contribution is 2.36. The van der Waals surface area contributed by atoms with Gasteiger partial charge in [0.15, 0.2) is 6.30 Å². The summed E-state index contributed by atoms with van der Waals surface area (Å²) >= 11 is 0. The second-order valence-corrected chi connectivity index (χ2v) is 4.15. The van der Waals surface area contributed by atoms with Crippen molar-refractivity contribution < 1.29 is 14.3 Å². The normalized spacial score (nSPS) is 27.8. The van der Waals surface area contributed by atoms with Crippen LogP contribution in [0, 0.1) is 0 Å². The van der Waals surface area contributed by atoms with Crippen molar-refractivity contribution >= 4 is 6.09 Å². The first-order valence-corrected chi connectivity index (χ1v) is 5.70. The summed E-state index contributed by atoms with van der Waals surface area (Å²) in [6.45, 7) is 4.14. The van der Waals surface area contributed by atoms with Gasteiger partial charge in [-0.2, -0.15) is 0 Å². The van der Waals surface area contributed by atoms with Gasteiger partial charge >= 0.3 is 6.09 Å². The van der Waals surface area contributed by atoms with Crippen molar-refractivity contribution in [2.45, 2.75) is 11.8 Å². The molecule has 1 aliphatic rings. The number of nitrogens with one attached hydrogen (secondary N) is 1. The van der Waals surface area contributed by atoms with Gasteiger partial charge in [0.05, 0.1) is 0 Å². The molecule has 2 atom stereocenters. The predicted molar refractivity (Wildman–Crippen MR) is 65.9 cm³/mol. The molecule has 5 heteroatoms. The van der Waals surface area contributed by atoms with E-state index in [1.807, 2.05) is 0 Å². The summed E-state index contributed by atoms with van der Waals surface area (Å²) in [7, 11) is 0. The fourth-order valence-corrected chi connectivity index (χ4v) is 2.37. The number of piperazine rings is 1. The monoisotopic (exact) mass is 250 g/mol. The van der Waals surface area contributed by atoms with Gasteiger partial charge in [0.1, 0.15) is 5.54 Å². The second kappa shape index (κ2) is 4.78. The Morgan fingerprint density at radius 1 is 1.56 bits per heavy atom. The van der Waals surface area contributed by atoms with Crippen molar-refractivity contribution in [3.63, 3.8) is 0 Å². The van der Waals surface area contributed by atoms with E-state index >= 15 is 0 Å². The molecule has 1 saturated heterocycles. The van der Waals surface area contributed by atoms with Gasteiger partial charge in [-0.1, -0.05) is 36.4 Å². The largest absolute Gasteiger partial charge is 0.465 e. The van der Waals surface area contributed by atoms with Gasteiger partial charge < -0.3 is 5.11 Å². The van der Waals surface area contributed by atoms with Crippen LogP contribution in [0.1, 0.15) is 5.56 Å². The minimum Gasteiger partial charge on any atom is -0.465 e. The van der Waals surface area contributed by atoms with Gasteiger partial charge in [0.25, 0.3) is 0 Å². The second-order valence-electron chi connectivity index (χ2n) is 4.15. The Bertz CT molecular complexity index is 452. The Kier molecular flexibility index (Phi) is 3.34. The zero-order valence-corrected chi connectivity index (χ0v) is 9.84. The number of nitrogens with zero attached hydrogens (tertiary/aromatic N) is 1. The highest BCUT2D eigenvalue weighted by molar-refractivity contribution is 5.68. The predicted octanol–water partition coefficient (Wildman–Crippen LogP) is 1.95. The maximum Gasteiger partial charge on any atom is 0.408 e. The lowest BCUT2D eigenvalue weighted by Crippen LogP contribution is -2.63. The average Bonchev–Trinajstić information content (AvgIpc) is 2.39. The van der Waals surface area contributed by atoms with Crippen LogP contribution in [0.2, 0.25) is 0 Å². The molecule has 1 fully saturated rings. The fraction of sp³-hybridized carbons (Fsp3) is 0.308. The first-order valence-electron chi connectivity index (χ1n) is 5.70. The zero-order valence-electron chi connectivity index (χ0n) is 9.84. The molecular formula is C13H15FN2O2. The van der Waals surface area contributed by atoms with Gasteiger partial charge in [0, 0.05) is 13.1 Å². The van der Waals surface area contributed by atoms with E-state index < -0.39 is 17.9 Å². The van der Waals surface area contributed by atoms with Gasteiger partial charge in [-0.3, -0.25) is 10.2 Å². The highest BCUT2D eigenvalue weighted by Gasteiger charge is 2.48. The SMILES string of the molecule is C=CC1(c2ccccc2)C(F)NCCN1C(=O)O. The number of halogens is 1. The molecule has 2 unspecified atom stereocenters. The Hall–Kier alpha value is -1.88. The third-order valence-corrected chi connectivity index (χ3v) is 3.27. The van der Waals surface area contributed by atoms with E-state index in [0.29, 0.717) is 5.56 Å². The number of hydrogen-bond acceptors (Lipinski definition) is 2. The molecule has 2 N–H and O–H groups in total. The third kappa shape index (κ3) is 1.76. The Labute approximate surface area is 105 Å². The molecule has 0 saturated carbocycles. The van der Waals surface area contributed by atoms with Crippen molar-refractivity contribution in [2.75, 3.05) is 13.1 Å². The molecule has 18 heavy (non-hydrogen) atoms. The Morgan fingerprint density at radius 2 is 2.22 bits per heavy atom. The molecule has 1 aromatic carbocycles.